The molecule has 21 heavy (non-hydrogen) atoms. The van der Waals surface area contributed by atoms with Gasteiger partial charge in [-0.1, -0.05) is 26.0 Å². The number of carbonyl (C=O) groups is 2. The fourth-order valence-corrected chi connectivity index (χ4v) is 2.19. The zero-order chi connectivity index (χ0) is 15.6. The number of nitrogens with one attached hydrogen (secondary N) is 1. The lowest BCUT2D eigenvalue weighted by molar-refractivity contribution is -0.124. The highest BCUT2D eigenvalue weighted by Gasteiger charge is 2.20. The van der Waals surface area contributed by atoms with E-state index in [1.54, 1.807) is 4.57 Å². The predicted molar refractivity (Wildman–Crippen MR) is 80.3 cm³/mol. The number of amides is 2. The van der Waals surface area contributed by atoms with Crippen molar-refractivity contribution in [2.45, 2.75) is 33.4 Å². The molecule has 2 aromatic rings. The third-order valence-electron chi connectivity index (χ3n) is 3.27. The first-order valence-corrected chi connectivity index (χ1v) is 6.94. The summed E-state index contributed by atoms with van der Waals surface area (Å²) in [6, 6.07) is 7.21. The number of hydrogen-bond donors (Lipinski definition) is 2. The van der Waals surface area contributed by atoms with Crippen molar-refractivity contribution in [2.24, 2.45) is 11.7 Å². The second kappa shape index (κ2) is 5.95. The standard InChI is InChI=1S/C15H20N4O2/c1-9(2)15(21)17-10(3)14-18-11-6-4-5-7-12(11)19(14)8-13(16)20/h4-7,9-10H,8H2,1-3H3,(H2,16,20)(H,17,21)/t10-/m0/s1. The maximum atomic E-state index is 11.8. The molecule has 1 aromatic heterocycles. The molecule has 0 fully saturated rings. The molecule has 6 nitrogen and oxygen atoms in total. The van der Waals surface area contributed by atoms with Crippen LogP contribution in [-0.2, 0) is 16.1 Å². The lowest BCUT2D eigenvalue weighted by atomic mass is 10.2. The number of nitrogens with zero attached hydrogens (tertiary/aromatic N) is 2. The fraction of sp³-hybridized carbons (Fsp3) is 0.400. The van der Waals surface area contributed by atoms with Crippen molar-refractivity contribution in [1.29, 1.82) is 0 Å². The molecule has 0 saturated heterocycles. The number of nitrogens with two attached hydrogens (primary N) is 1. The minimum absolute atomic E-state index is 0.0394. The van der Waals surface area contributed by atoms with Gasteiger partial charge in [0.25, 0.3) is 0 Å². The van der Waals surface area contributed by atoms with Crippen LogP contribution in [0, 0.1) is 5.92 Å². The number of fused-ring (bicyclic) bond motifs is 1. The molecule has 2 rings (SSSR count). The van der Waals surface area contributed by atoms with Gasteiger partial charge in [-0.3, -0.25) is 9.59 Å². The molecule has 2 amide bonds. The van der Waals surface area contributed by atoms with E-state index in [9.17, 15) is 9.59 Å². The second-order valence-corrected chi connectivity index (χ2v) is 5.40. The molecule has 112 valence electrons. The molecule has 3 N–H and O–H groups in total. The average Bonchev–Trinajstić information content (AvgIpc) is 2.77. The van der Waals surface area contributed by atoms with Crippen LogP contribution in [-0.4, -0.2) is 21.4 Å². The Morgan fingerprint density at radius 1 is 1.29 bits per heavy atom. The van der Waals surface area contributed by atoms with Gasteiger partial charge < -0.3 is 15.6 Å². The van der Waals surface area contributed by atoms with Crippen LogP contribution in [0.2, 0.25) is 0 Å². The lowest BCUT2D eigenvalue weighted by Gasteiger charge is -2.16. The molecule has 6 heteroatoms. The van der Waals surface area contributed by atoms with Crippen molar-refractivity contribution in [3.05, 3.63) is 30.1 Å². The van der Waals surface area contributed by atoms with Crippen LogP contribution >= 0.6 is 0 Å². The summed E-state index contributed by atoms with van der Waals surface area (Å²) in [5.41, 5.74) is 6.93. The van der Waals surface area contributed by atoms with Gasteiger partial charge >= 0.3 is 0 Å². The lowest BCUT2D eigenvalue weighted by Crippen LogP contribution is -2.32. The number of para-hydroxylation sites is 2. The molecular formula is C15H20N4O2. The van der Waals surface area contributed by atoms with Gasteiger partial charge in [-0.05, 0) is 19.1 Å². The molecular weight excluding hydrogens is 268 g/mol. The smallest absolute Gasteiger partial charge is 0.237 e. The molecule has 0 spiro atoms. The van der Waals surface area contributed by atoms with E-state index < -0.39 is 5.91 Å². The summed E-state index contributed by atoms with van der Waals surface area (Å²) in [4.78, 5) is 27.7. The Morgan fingerprint density at radius 2 is 1.95 bits per heavy atom. The number of rotatable bonds is 5. The summed E-state index contributed by atoms with van der Waals surface area (Å²) >= 11 is 0. The van der Waals surface area contributed by atoms with Crippen LogP contribution in [0.15, 0.2) is 24.3 Å². The Hall–Kier alpha value is -2.37. The van der Waals surface area contributed by atoms with Crippen molar-refractivity contribution < 1.29 is 9.59 Å². The highest BCUT2D eigenvalue weighted by Crippen LogP contribution is 2.20. The first kappa shape index (κ1) is 15.0. The van der Waals surface area contributed by atoms with E-state index in [1.165, 1.54) is 0 Å². The second-order valence-electron chi connectivity index (χ2n) is 5.40. The highest BCUT2D eigenvalue weighted by molar-refractivity contribution is 5.81. The van der Waals surface area contributed by atoms with E-state index in [1.807, 2.05) is 45.0 Å². The normalized spacial score (nSPS) is 12.6. The largest absolute Gasteiger partial charge is 0.368 e. The SMILES string of the molecule is CC(C)C(=O)N[C@@H](C)c1nc2ccccc2n1CC(N)=O. The van der Waals surface area contributed by atoms with Crippen LogP contribution in [0.25, 0.3) is 11.0 Å². The van der Waals surface area contributed by atoms with E-state index in [4.69, 9.17) is 5.73 Å². The van der Waals surface area contributed by atoms with Gasteiger partial charge in [0.1, 0.15) is 12.4 Å². The first-order chi connectivity index (χ1) is 9.90. The van der Waals surface area contributed by atoms with Gasteiger partial charge in [0.05, 0.1) is 17.1 Å². The summed E-state index contributed by atoms with van der Waals surface area (Å²) in [5, 5.41) is 2.90. The Labute approximate surface area is 123 Å². The van der Waals surface area contributed by atoms with E-state index in [0.717, 1.165) is 11.0 Å². The molecule has 0 aliphatic rings. The summed E-state index contributed by atoms with van der Waals surface area (Å²) in [6.45, 7) is 5.54. The van der Waals surface area contributed by atoms with Gasteiger partial charge in [0.2, 0.25) is 11.8 Å². The van der Waals surface area contributed by atoms with Crippen molar-refractivity contribution in [1.82, 2.24) is 14.9 Å². The Balaban J connectivity index is 2.41. The average molecular weight is 288 g/mol. The van der Waals surface area contributed by atoms with Crippen LogP contribution in [0.3, 0.4) is 0 Å². The quantitative estimate of drug-likeness (QED) is 0.870. The minimum Gasteiger partial charge on any atom is -0.368 e. The monoisotopic (exact) mass is 288 g/mol. The number of benzene rings is 1. The number of primary amides is 1. The molecule has 1 atom stereocenters. The topological polar surface area (TPSA) is 90.0 Å². The van der Waals surface area contributed by atoms with E-state index >= 15 is 0 Å². The Kier molecular flexibility index (Phi) is 4.26. The van der Waals surface area contributed by atoms with Gasteiger partial charge in [-0.15, -0.1) is 0 Å². The molecule has 1 heterocycles. The molecule has 1 aromatic carbocycles. The van der Waals surface area contributed by atoms with Crippen molar-refractivity contribution in [3.63, 3.8) is 0 Å². The van der Waals surface area contributed by atoms with Gasteiger partial charge in [-0.25, -0.2) is 4.98 Å². The Bertz CT molecular complexity index is 675. The van der Waals surface area contributed by atoms with E-state index in [0.29, 0.717) is 5.82 Å². The maximum Gasteiger partial charge on any atom is 0.237 e. The predicted octanol–water partition coefficient (Wildman–Crippen LogP) is 1.35. The summed E-state index contributed by atoms with van der Waals surface area (Å²) in [7, 11) is 0. The number of aromatic nitrogens is 2. The maximum absolute atomic E-state index is 11.8. The molecule has 0 aliphatic heterocycles. The summed E-state index contributed by atoms with van der Waals surface area (Å²) < 4.78 is 1.75. The Morgan fingerprint density at radius 3 is 2.57 bits per heavy atom. The number of imidazole rings is 1. The van der Waals surface area contributed by atoms with Crippen molar-refractivity contribution >= 4 is 22.8 Å². The van der Waals surface area contributed by atoms with Crippen LogP contribution in [0.1, 0.15) is 32.6 Å². The van der Waals surface area contributed by atoms with Gasteiger partial charge in [0.15, 0.2) is 0 Å². The van der Waals surface area contributed by atoms with Crippen molar-refractivity contribution in [2.75, 3.05) is 0 Å². The van der Waals surface area contributed by atoms with E-state index in [2.05, 4.69) is 10.3 Å². The zero-order valence-electron chi connectivity index (χ0n) is 12.5. The molecule has 0 aliphatic carbocycles. The minimum atomic E-state index is -0.443. The van der Waals surface area contributed by atoms with Crippen LogP contribution in [0.4, 0.5) is 0 Å². The highest BCUT2D eigenvalue weighted by atomic mass is 16.2. The molecule has 0 radical (unpaired) electrons. The van der Waals surface area contributed by atoms with Crippen molar-refractivity contribution in [3.8, 4) is 0 Å². The third kappa shape index (κ3) is 3.21. The van der Waals surface area contributed by atoms with Crippen LogP contribution < -0.4 is 11.1 Å². The zero-order valence-corrected chi connectivity index (χ0v) is 12.5. The fourth-order valence-electron chi connectivity index (χ4n) is 2.19. The summed E-state index contributed by atoms with van der Waals surface area (Å²) in [5.74, 6) is 0.0207. The van der Waals surface area contributed by atoms with E-state index in [-0.39, 0.29) is 24.4 Å². The molecule has 0 unspecified atom stereocenters. The molecule has 0 saturated carbocycles. The third-order valence-corrected chi connectivity index (χ3v) is 3.27. The van der Waals surface area contributed by atoms with Gasteiger partial charge in [-0.2, -0.15) is 0 Å². The summed E-state index contributed by atoms with van der Waals surface area (Å²) in [6.07, 6.45) is 0. The number of carbonyl (C=O) groups excluding carboxylic acids is 2. The van der Waals surface area contributed by atoms with Crippen LogP contribution in [0.5, 0.6) is 0 Å². The first-order valence-electron chi connectivity index (χ1n) is 6.94. The molecule has 0 bridgehead atoms. The number of hydrogen-bond acceptors (Lipinski definition) is 3. The van der Waals surface area contributed by atoms with Gasteiger partial charge in [0, 0.05) is 5.92 Å².